The Morgan fingerprint density at radius 2 is 2.06 bits per heavy atom. The van der Waals surface area contributed by atoms with E-state index in [-0.39, 0.29) is 5.78 Å². The van der Waals surface area contributed by atoms with Gasteiger partial charge < -0.3 is 0 Å². The highest BCUT2D eigenvalue weighted by molar-refractivity contribution is 9.10. The first kappa shape index (κ1) is 12.0. The Hall–Kier alpha value is -1.48. The van der Waals surface area contributed by atoms with Gasteiger partial charge in [0.2, 0.25) is 0 Å². The molecule has 0 saturated heterocycles. The van der Waals surface area contributed by atoms with Crippen molar-refractivity contribution in [2.24, 2.45) is 0 Å². The maximum Gasteiger partial charge on any atom is 0.169 e. The number of rotatable bonds is 3. The second-order valence-electron chi connectivity index (χ2n) is 3.88. The molecule has 0 aliphatic rings. The Morgan fingerprint density at radius 1 is 1.29 bits per heavy atom. The number of nitrogens with zero attached hydrogens (tertiary/aromatic N) is 1. The molecular weight excluding hydrogens is 278 g/mol. The summed E-state index contributed by atoms with van der Waals surface area (Å²) in [7, 11) is 0. The van der Waals surface area contributed by atoms with Crippen LogP contribution in [0.3, 0.4) is 0 Å². The Kier molecular flexibility index (Phi) is 3.69. The number of Topliss-reactive ketones (excluding diaryl/α,β-unsaturated/α-hetero) is 1. The van der Waals surface area contributed by atoms with Crippen LogP contribution >= 0.6 is 15.9 Å². The van der Waals surface area contributed by atoms with E-state index in [0.717, 1.165) is 15.6 Å². The molecule has 0 aliphatic carbocycles. The van der Waals surface area contributed by atoms with Gasteiger partial charge in [-0.2, -0.15) is 0 Å². The summed E-state index contributed by atoms with van der Waals surface area (Å²) in [4.78, 5) is 16.1. The fourth-order valence-corrected chi connectivity index (χ4v) is 2.09. The first-order chi connectivity index (χ1) is 8.18. The van der Waals surface area contributed by atoms with Crippen LogP contribution in [0, 0.1) is 6.92 Å². The van der Waals surface area contributed by atoms with Gasteiger partial charge in [-0.25, -0.2) is 0 Å². The minimum atomic E-state index is 0.0995. The molecule has 0 spiro atoms. The average Bonchev–Trinajstić information content (AvgIpc) is 2.32. The van der Waals surface area contributed by atoms with E-state index in [1.54, 1.807) is 12.4 Å². The van der Waals surface area contributed by atoms with Crippen LogP contribution in [-0.2, 0) is 6.42 Å². The van der Waals surface area contributed by atoms with Crippen LogP contribution in [0.1, 0.15) is 21.5 Å². The molecular formula is C14H12BrNO. The number of aromatic nitrogens is 1. The summed E-state index contributed by atoms with van der Waals surface area (Å²) >= 11 is 3.45. The van der Waals surface area contributed by atoms with Crippen molar-refractivity contribution >= 4 is 21.7 Å². The van der Waals surface area contributed by atoms with E-state index >= 15 is 0 Å². The molecule has 0 radical (unpaired) electrons. The van der Waals surface area contributed by atoms with Gasteiger partial charge in [-0.1, -0.05) is 34.1 Å². The van der Waals surface area contributed by atoms with Gasteiger partial charge in [0, 0.05) is 28.9 Å². The van der Waals surface area contributed by atoms with E-state index in [0.29, 0.717) is 12.0 Å². The van der Waals surface area contributed by atoms with Gasteiger partial charge in [-0.05, 0) is 30.2 Å². The predicted octanol–water partition coefficient (Wildman–Crippen LogP) is 3.58. The van der Waals surface area contributed by atoms with Crippen molar-refractivity contribution in [3.63, 3.8) is 0 Å². The minimum Gasteiger partial charge on any atom is -0.294 e. The topological polar surface area (TPSA) is 30.0 Å². The van der Waals surface area contributed by atoms with Crippen molar-refractivity contribution in [2.75, 3.05) is 0 Å². The zero-order valence-electron chi connectivity index (χ0n) is 9.48. The molecule has 0 saturated carbocycles. The molecule has 1 heterocycles. The number of ketones is 1. The number of hydrogen-bond acceptors (Lipinski definition) is 2. The molecule has 2 aromatic rings. The normalized spacial score (nSPS) is 10.2. The van der Waals surface area contributed by atoms with Crippen molar-refractivity contribution in [3.8, 4) is 0 Å². The van der Waals surface area contributed by atoms with E-state index in [4.69, 9.17) is 0 Å². The van der Waals surface area contributed by atoms with Gasteiger partial charge in [0.05, 0.1) is 0 Å². The number of carbonyl (C=O) groups excluding carboxylic acids is 1. The molecule has 0 atom stereocenters. The number of carbonyl (C=O) groups is 1. The quantitative estimate of drug-likeness (QED) is 0.809. The van der Waals surface area contributed by atoms with Gasteiger partial charge in [-0.15, -0.1) is 0 Å². The maximum atomic E-state index is 12.1. The monoisotopic (exact) mass is 289 g/mol. The van der Waals surface area contributed by atoms with Crippen LogP contribution < -0.4 is 0 Å². The molecule has 2 rings (SSSR count). The highest BCUT2D eigenvalue weighted by Crippen LogP contribution is 2.18. The maximum absolute atomic E-state index is 12.1. The molecule has 86 valence electrons. The van der Waals surface area contributed by atoms with Gasteiger partial charge >= 0.3 is 0 Å². The van der Waals surface area contributed by atoms with Gasteiger partial charge in [0.1, 0.15) is 0 Å². The number of pyridine rings is 1. The van der Waals surface area contributed by atoms with E-state index in [1.165, 1.54) is 0 Å². The van der Waals surface area contributed by atoms with E-state index in [1.807, 2.05) is 37.3 Å². The van der Waals surface area contributed by atoms with Crippen molar-refractivity contribution < 1.29 is 4.79 Å². The molecule has 0 bridgehead atoms. The lowest BCUT2D eigenvalue weighted by atomic mass is 10.0. The van der Waals surface area contributed by atoms with E-state index < -0.39 is 0 Å². The van der Waals surface area contributed by atoms with Crippen molar-refractivity contribution in [1.29, 1.82) is 0 Å². The van der Waals surface area contributed by atoms with Gasteiger partial charge in [-0.3, -0.25) is 9.78 Å². The molecule has 17 heavy (non-hydrogen) atoms. The SMILES string of the molecule is Cc1ccncc1C(=O)Cc1ccccc1Br. The molecule has 0 N–H and O–H groups in total. The van der Waals surface area contributed by atoms with Crippen LogP contribution in [0.15, 0.2) is 47.2 Å². The van der Waals surface area contributed by atoms with Crippen LogP contribution in [0.5, 0.6) is 0 Å². The second kappa shape index (κ2) is 5.23. The zero-order valence-corrected chi connectivity index (χ0v) is 11.1. The van der Waals surface area contributed by atoms with Gasteiger partial charge in [0.25, 0.3) is 0 Å². The second-order valence-corrected chi connectivity index (χ2v) is 4.74. The lowest BCUT2D eigenvalue weighted by Crippen LogP contribution is -2.06. The third-order valence-electron chi connectivity index (χ3n) is 2.65. The molecule has 1 aromatic heterocycles. The Morgan fingerprint density at radius 3 is 2.76 bits per heavy atom. The molecule has 2 nitrogen and oxygen atoms in total. The van der Waals surface area contributed by atoms with Crippen LogP contribution in [0.2, 0.25) is 0 Å². The molecule has 1 aromatic carbocycles. The van der Waals surface area contributed by atoms with E-state index in [2.05, 4.69) is 20.9 Å². The highest BCUT2D eigenvalue weighted by Gasteiger charge is 2.11. The molecule has 0 aliphatic heterocycles. The van der Waals surface area contributed by atoms with Crippen LogP contribution in [0.4, 0.5) is 0 Å². The summed E-state index contributed by atoms with van der Waals surface area (Å²) < 4.78 is 0.967. The molecule has 0 unspecified atom stereocenters. The standard InChI is InChI=1S/C14H12BrNO/c1-10-6-7-16-9-12(10)14(17)8-11-4-2-3-5-13(11)15/h2-7,9H,8H2,1H3. The lowest BCUT2D eigenvalue weighted by molar-refractivity contribution is 0.0992. The van der Waals surface area contributed by atoms with Gasteiger partial charge in [0.15, 0.2) is 5.78 Å². The van der Waals surface area contributed by atoms with Crippen molar-refractivity contribution in [1.82, 2.24) is 4.98 Å². The third-order valence-corrected chi connectivity index (χ3v) is 3.42. The Bertz CT molecular complexity index is 551. The fraction of sp³-hybridized carbons (Fsp3) is 0.143. The van der Waals surface area contributed by atoms with Crippen molar-refractivity contribution in [3.05, 3.63) is 63.9 Å². The number of aryl methyl sites for hydroxylation is 1. The third kappa shape index (κ3) is 2.80. The van der Waals surface area contributed by atoms with Crippen molar-refractivity contribution in [2.45, 2.75) is 13.3 Å². The number of halogens is 1. The van der Waals surface area contributed by atoms with Crippen LogP contribution in [0.25, 0.3) is 0 Å². The number of hydrogen-bond donors (Lipinski definition) is 0. The largest absolute Gasteiger partial charge is 0.294 e. The molecule has 3 heteroatoms. The number of benzene rings is 1. The first-order valence-corrected chi connectivity index (χ1v) is 6.15. The Labute approximate surface area is 109 Å². The lowest BCUT2D eigenvalue weighted by Gasteiger charge is -2.05. The Balaban J connectivity index is 2.24. The first-order valence-electron chi connectivity index (χ1n) is 5.35. The summed E-state index contributed by atoms with van der Waals surface area (Å²) in [6, 6.07) is 9.62. The highest BCUT2D eigenvalue weighted by atomic mass is 79.9. The summed E-state index contributed by atoms with van der Waals surface area (Å²) in [5.74, 6) is 0.0995. The van der Waals surface area contributed by atoms with Crippen LogP contribution in [-0.4, -0.2) is 10.8 Å². The summed E-state index contributed by atoms with van der Waals surface area (Å²) in [5, 5.41) is 0. The summed E-state index contributed by atoms with van der Waals surface area (Å²) in [6.07, 6.45) is 3.73. The predicted molar refractivity (Wildman–Crippen MR) is 71.2 cm³/mol. The summed E-state index contributed by atoms with van der Waals surface area (Å²) in [6.45, 7) is 1.93. The minimum absolute atomic E-state index is 0.0995. The average molecular weight is 290 g/mol. The summed E-state index contributed by atoms with van der Waals surface area (Å²) in [5.41, 5.74) is 2.67. The molecule has 0 fully saturated rings. The molecule has 0 amide bonds. The zero-order chi connectivity index (χ0) is 12.3. The smallest absolute Gasteiger partial charge is 0.169 e. The fourth-order valence-electron chi connectivity index (χ4n) is 1.67. The van der Waals surface area contributed by atoms with E-state index in [9.17, 15) is 4.79 Å².